The first-order valence-electron chi connectivity index (χ1n) is 9.06. The zero-order valence-corrected chi connectivity index (χ0v) is 16.9. The minimum Gasteiger partial charge on any atom is -0.493 e. The van der Waals surface area contributed by atoms with Gasteiger partial charge in [0.2, 0.25) is 0 Å². The number of carbonyl (C=O) groups excluding carboxylic acids is 1. The number of hydrogen-bond acceptors (Lipinski definition) is 4. The Kier molecular flexibility index (Phi) is 5.68. The van der Waals surface area contributed by atoms with E-state index in [0.29, 0.717) is 23.6 Å². The second-order valence-electron chi connectivity index (χ2n) is 6.71. The molecule has 3 rings (SSSR count). The fourth-order valence-electron chi connectivity index (χ4n) is 3.06. The molecule has 0 saturated carbocycles. The Balaban J connectivity index is 1.81. The molecule has 3 aromatic rings. The quantitative estimate of drug-likeness (QED) is 0.699. The molecular weight excluding hydrogens is 354 g/mol. The topological polar surface area (TPSA) is 65.4 Å². The number of benzene rings is 2. The molecule has 6 heteroatoms. The number of methoxy groups -OCH3 is 2. The van der Waals surface area contributed by atoms with E-state index in [9.17, 15) is 4.79 Å². The zero-order chi connectivity index (χ0) is 20.3. The van der Waals surface area contributed by atoms with Crippen molar-refractivity contribution in [2.24, 2.45) is 0 Å². The third-order valence-electron chi connectivity index (χ3n) is 4.72. The molecule has 0 aliphatic heterocycles. The zero-order valence-electron chi connectivity index (χ0n) is 16.9. The summed E-state index contributed by atoms with van der Waals surface area (Å²) in [4.78, 5) is 12.7. The van der Waals surface area contributed by atoms with Crippen LogP contribution in [0.3, 0.4) is 0 Å². The lowest BCUT2D eigenvalue weighted by Crippen LogP contribution is -2.13. The number of ether oxygens (including phenoxy) is 2. The molecule has 2 aromatic carbocycles. The number of nitrogens with one attached hydrogen (secondary N) is 1. The van der Waals surface area contributed by atoms with Gasteiger partial charge in [0.15, 0.2) is 11.5 Å². The van der Waals surface area contributed by atoms with Gasteiger partial charge in [0, 0.05) is 5.56 Å². The van der Waals surface area contributed by atoms with Crippen molar-refractivity contribution in [3.05, 3.63) is 70.5 Å². The first-order valence-corrected chi connectivity index (χ1v) is 9.06. The summed E-state index contributed by atoms with van der Waals surface area (Å²) in [6.45, 7) is 6.56. The highest BCUT2D eigenvalue weighted by Gasteiger charge is 2.17. The van der Waals surface area contributed by atoms with Crippen molar-refractivity contribution >= 4 is 11.6 Å². The van der Waals surface area contributed by atoms with Gasteiger partial charge in [-0.15, -0.1) is 0 Å². The fraction of sp³-hybridized carbons (Fsp3) is 0.273. The molecule has 0 fully saturated rings. The third-order valence-corrected chi connectivity index (χ3v) is 4.72. The van der Waals surface area contributed by atoms with Crippen molar-refractivity contribution in [1.29, 1.82) is 0 Å². The van der Waals surface area contributed by atoms with Gasteiger partial charge < -0.3 is 14.8 Å². The van der Waals surface area contributed by atoms with Gasteiger partial charge in [-0.25, -0.2) is 0 Å². The van der Waals surface area contributed by atoms with Gasteiger partial charge >= 0.3 is 0 Å². The second kappa shape index (κ2) is 8.17. The highest BCUT2D eigenvalue weighted by molar-refractivity contribution is 6.05. The Morgan fingerprint density at radius 1 is 1.00 bits per heavy atom. The first kappa shape index (κ1) is 19.5. The molecule has 0 aliphatic rings. The van der Waals surface area contributed by atoms with Crippen LogP contribution in [0.25, 0.3) is 0 Å². The minimum atomic E-state index is -0.220. The molecule has 0 radical (unpaired) electrons. The van der Waals surface area contributed by atoms with Crippen LogP contribution in [0.5, 0.6) is 11.5 Å². The first-order chi connectivity index (χ1) is 13.4. The van der Waals surface area contributed by atoms with Crippen LogP contribution in [0.2, 0.25) is 0 Å². The summed E-state index contributed by atoms with van der Waals surface area (Å²) in [7, 11) is 3.11. The lowest BCUT2D eigenvalue weighted by atomic mass is 10.1. The van der Waals surface area contributed by atoms with Crippen molar-refractivity contribution in [2.45, 2.75) is 27.3 Å². The monoisotopic (exact) mass is 379 g/mol. The molecule has 1 heterocycles. The number of aromatic nitrogens is 2. The van der Waals surface area contributed by atoms with Crippen LogP contribution >= 0.6 is 0 Å². The summed E-state index contributed by atoms with van der Waals surface area (Å²) in [5.74, 6) is 0.873. The smallest absolute Gasteiger partial charge is 0.255 e. The van der Waals surface area contributed by atoms with E-state index in [2.05, 4.69) is 41.6 Å². The molecule has 0 aliphatic carbocycles. The van der Waals surface area contributed by atoms with Crippen LogP contribution in [0.15, 0.2) is 42.5 Å². The summed E-state index contributed by atoms with van der Waals surface area (Å²) >= 11 is 0. The summed E-state index contributed by atoms with van der Waals surface area (Å²) in [6.07, 6.45) is 0. The van der Waals surface area contributed by atoms with Crippen LogP contribution < -0.4 is 14.8 Å². The van der Waals surface area contributed by atoms with Gasteiger partial charge in [-0.05, 0) is 44.5 Å². The van der Waals surface area contributed by atoms with Crippen molar-refractivity contribution in [1.82, 2.24) is 9.78 Å². The molecule has 1 N–H and O–H groups in total. The van der Waals surface area contributed by atoms with Crippen molar-refractivity contribution in [3.8, 4) is 11.5 Å². The van der Waals surface area contributed by atoms with E-state index in [1.807, 2.05) is 18.5 Å². The molecule has 0 atom stereocenters. The number of carbonyl (C=O) groups is 1. The van der Waals surface area contributed by atoms with E-state index in [4.69, 9.17) is 9.47 Å². The third kappa shape index (κ3) is 4.01. The van der Waals surface area contributed by atoms with Crippen LogP contribution in [0.4, 0.5) is 5.69 Å². The van der Waals surface area contributed by atoms with Gasteiger partial charge in [0.05, 0.1) is 37.8 Å². The average Bonchev–Trinajstić information content (AvgIpc) is 2.96. The van der Waals surface area contributed by atoms with Gasteiger partial charge in [-0.2, -0.15) is 5.10 Å². The molecule has 0 bridgehead atoms. The molecule has 0 spiro atoms. The number of hydrogen-bond donors (Lipinski definition) is 1. The number of nitrogens with zero attached hydrogens (tertiary/aromatic N) is 2. The molecule has 0 unspecified atom stereocenters. The fourth-order valence-corrected chi connectivity index (χ4v) is 3.06. The van der Waals surface area contributed by atoms with Crippen molar-refractivity contribution < 1.29 is 14.3 Å². The SMILES string of the molecule is COc1ccc(C(=O)Nc2c(C)nn(Cc3ccc(C)cc3)c2C)cc1OC. The van der Waals surface area contributed by atoms with Gasteiger partial charge in [0.1, 0.15) is 0 Å². The lowest BCUT2D eigenvalue weighted by Gasteiger charge is -2.10. The number of anilines is 1. The molecule has 1 aromatic heterocycles. The van der Waals surface area contributed by atoms with Crippen LogP contribution in [-0.4, -0.2) is 29.9 Å². The molecule has 28 heavy (non-hydrogen) atoms. The largest absolute Gasteiger partial charge is 0.493 e. The maximum absolute atomic E-state index is 12.7. The van der Waals surface area contributed by atoms with E-state index < -0.39 is 0 Å². The molecular formula is C22H25N3O3. The summed E-state index contributed by atoms with van der Waals surface area (Å²) in [6, 6.07) is 13.4. The molecule has 0 saturated heterocycles. The van der Waals surface area contributed by atoms with Crippen LogP contribution in [0.1, 0.15) is 32.9 Å². The lowest BCUT2D eigenvalue weighted by molar-refractivity contribution is 0.102. The summed E-state index contributed by atoms with van der Waals surface area (Å²) in [5.41, 5.74) is 5.29. The normalized spacial score (nSPS) is 10.6. The van der Waals surface area contributed by atoms with E-state index in [1.165, 1.54) is 5.56 Å². The maximum atomic E-state index is 12.7. The highest BCUT2D eigenvalue weighted by Crippen LogP contribution is 2.28. The van der Waals surface area contributed by atoms with Crippen molar-refractivity contribution in [3.63, 3.8) is 0 Å². The van der Waals surface area contributed by atoms with E-state index >= 15 is 0 Å². The van der Waals surface area contributed by atoms with Crippen LogP contribution in [-0.2, 0) is 6.54 Å². The number of aryl methyl sites for hydroxylation is 2. The molecule has 6 nitrogen and oxygen atoms in total. The predicted octanol–water partition coefficient (Wildman–Crippen LogP) is 4.13. The van der Waals surface area contributed by atoms with E-state index in [-0.39, 0.29) is 5.91 Å². The second-order valence-corrected chi connectivity index (χ2v) is 6.71. The molecule has 146 valence electrons. The standard InChI is InChI=1S/C22H25N3O3/c1-14-6-8-17(9-7-14)13-25-16(3)21(15(2)24-25)23-22(26)18-10-11-19(27-4)20(12-18)28-5/h6-12H,13H2,1-5H3,(H,23,26). The van der Waals surface area contributed by atoms with Crippen molar-refractivity contribution in [2.75, 3.05) is 19.5 Å². The van der Waals surface area contributed by atoms with Crippen LogP contribution in [0, 0.1) is 20.8 Å². The van der Waals surface area contributed by atoms with E-state index in [1.54, 1.807) is 32.4 Å². The average molecular weight is 379 g/mol. The van der Waals surface area contributed by atoms with E-state index in [0.717, 1.165) is 22.6 Å². The highest BCUT2D eigenvalue weighted by atomic mass is 16.5. The Bertz CT molecular complexity index is 991. The van der Waals surface area contributed by atoms with Gasteiger partial charge in [0.25, 0.3) is 5.91 Å². The Hall–Kier alpha value is -3.28. The predicted molar refractivity (Wildman–Crippen MR) is 109 cm³/mol. The number of amides is 1. The maximum Gasteiger partial charge on any atom is 0.255 e. The Morgan fingerprint density at radius 3 is 2.32 bits per heavy atom. The van der Waals surface area contributed by atoms with Gasteiger partial charge in [-0.1, -0.05) is 29.8 Å². The minimum absolute atomic E-state index is 0.220. The van der Waals surface area contributed by atoms with Gasteiger partial charge in [-0.3, -0.25) is 9.48 Å². The Morgan fingerprint density at radius 2 is 1.68 bits per heavy atom. The molecule has 1 amide bonds. The summed E-state index contributed by atoms with van der Waals surface area (Å²) < 4.78 is 12.4. The summed E-state index contributed by atoms with van der Waals surface area (Å²) in [5, 5.41) is 7.57. The Labute approximate surface area is 165 Å². The number of rotatable bonds is 6.